The number of nitrogens with zero attached hydrogens (tertiary/aromatic N) is 2. The van der Waals surface area contributed by atoms with E-state index in [9.17, 15) is 13.2 Å². The number of fused-ring (bicyclic) bond motifs is 1. The molecule has 10 heteroatoms. The van der Waals surface area contributed by atoms with E-state index in [0.29, 0.717) is 23.8 Å². The number of hydrazine groups is 1. The van der Waals surface area contributed by atoms with Gasteiger partial charge in [0.2, 0.25) is 15.2 Å². The smallest absolute Gasteiger partial charge is 0.269 e. The summed E-state index contributed by atoms with van der Waals surface area (Å²) >= 11 is 1.45. The fourth-order valence-electron chi connectivity index (χ4n) is 3.72. The first-order chi connectivity index (χ1) is 15.1. The molecule has 0 unspecified atom stereocenters. The van der Waals surface area contributed by atoms with Crippen molar-refractivity contribution >= 4 is 42.6 Å². The maximum Gasteiger partial charge on any atom is 0.269 e. The maximum absolute atomic E-state index is 13.0. The van der Waals surface area contributed by atoms with Crippen LogP contribution in [0.2, 0.25) is 0 Å². The van der Waals surface area contributed by atoms with Gasteiger partial charge in [0.25, 0.3) is 5.91 Å². The van der Waals surface area contributed by atoms with Crippen LogP contribution in [-0.2, 0) is 14.8 Å². The van der Waals surface area contributed by atoms with E-state index >= 15 is 0 Å². The van der Waals surface area contributed by atoms with Crippen molar-refractivity contribution in [3.8, 4) is 0 Å². The summed E-state index contributed by atoms with van der Waals surface area (Å²) in [5.41, 5.74) is 9.00. The van der Waals surface area contributed by atoms with E-state index in [1.54, 1.807) is 0 Å². The average molecular weight is 475 g/mol. The monoisotopic (exact) mass is 474 g/mol. The summed E-state index contributed by atoms with van der Waals surface area (Å²) < 4.78 is 34.0. The Morgan fingerprint density at radius 1 is 1.09 bits per heavy atom. The molecule has 2 atom stereocenters. The number of anilines is 1. The van der Waals surface area contributed by atoms with Gasteiger partial charge in [0, 0.05) is 18.7 Å². The van der Waals surface area contributed by atoms with Gasteiger partial charge in [-0.15, -0.1) is 0 Å². The van der Waals surface area contributed by atoms with Crippen LogP contribution >= 0.6 is 11.3 Å². The van der Waals surface area contributed by atoms with Crippen molar-refractivity contribution in [1.82, 2.24) is 14.7 Å². The molecule has 3 aromatic rings. The largest absolute Gasteiger partial charge is 0.373 e. The zero-order chi connectivity index (χ0) is 23.0. The van der Waals surface area contributed by atoms with E-state index in [0.717, 1.165) is 21.3 Å². The molecule has 2 N–H and O–H groups in total. The number of nitrogens with one attached hydrogen (secondary N) is 2. The molecule has 0 aliphatic carbocycles. The fourth-order valence-corrected chi connectivity index (χ4v) is 6.19. The lowest BCUT2D eigenvalue weighted by atomic mass is 10.1. The first-order valence-corrected chi connectivity index (χ1v) is 12.6. The number of aryl methyl sites for hydroxylation is 2. The first-order valence-electron chi connectivity index (χ1n) is 10.3. The van der Waals surface area contributed by atoms with Gasteiger partial charge < -0.3 is 4.74 Å². The number of sulfonamides is 1. The Kier molecular flexibility index (Phi) is 6.22. The number of morpholine rings is 1. The van der Waals surface area contributed by atoms with E-state index in [1.165, 1.54) is 39.9 Å². The Labute approximate surface area is 191 Å². The number of hydrogen-bond donors (Lipinski definition) is 2. The second-order valence-electron chi connectivity index (χ2n) is 8.06. The Bertz CT molecular complexity index is 1240. The van der Waals surface area contributed by atoms with Gasteiger partial charge in [-0.05, 0) is 69.2 Å². The number of carbonyl (C=O) groups excluding carboxylic acids is 1. The summed E-state index contributed by atoms with van der Waals surface area (Å²) in [6, 6.07) is 9.98. The molecule has 2 heterocycles. The molecule has 0 radical (unpaired) electrons. The van der Waals surface area contributed by atoms with Crippen LogP contribution in [0, 0.1) is 13.8 Å². The number of rotatable bonds is 5. The molecule has 2 aromatic carbocycles. The predicted octanol–water partition coefficient (Wildman–Crippen LogP) is 3.47. The van der Waals surface area contributed by atoms with Crippen LogP contribution in [0.15, 0.2) is 41.3 Å². The van der Waals surface area contributed by atoms with Gasteiger partial charge in [0.1, 0.15) is 0 Å². The quantitative estimate of drug-likeness (QED) is 0.549. The molecule has 1 fully saturated rings. The molecular formula is C22H26N4O4S2. The lowest BCUT2D eigenvalue weighted by Crippen LogP contribution is -2.48. The highest BCUT2D eigenvalue weighted by atomic mass is 32.2. The Morgan fingerprint density at radius 3 is 2.41 bits per heavy atom. The van der Waals surface area contributed by atoms with Crippen molar-refractivity contribution in [2.24, 2.45) is 0 Å². The highest BCUT2D eigenvalue weighted by Crippen LogP contribution is 2.29. The van der Waals surface area contributed by atoms with E-state index in [1.807, 2.05) is 39.8 Å². The van der Waals surface area contributed by atoms with E-state index in [-0.39, 0.29) is 23.0 Å². The van der Waals surface area contributed by atoms with Crippen LogP contribution in [0.3, 0.4) is 0 Å². The van der Waals surface area contributed by atoms with Crippen molar-refractivity contribution in [1.29, 1.82) is 0 Å². The number of carbonyl (C=O) groups is 1. The van der Waals surface area contributed by atoms with Crippen molar-refractivity contribution in [3.05, 3.63) is 53.1 Å². The third-order valence-corrected chi connectivity index (χ3v) is 8.29. The van der Waals surface area contributed by atoms with E-state index in [4.69, 9.17) is 4.74 Å². The number of aromatic nitrogens is 1. The second kappa shape index (κ2) is 8.78. The molecule has 8 nitrogen and oxygen atoms in total. The van der Waals surface area contributed by atoms with Crippen LogP contribution in [0.5, 0.6) is 0 Å². The van der Waals surface area contributed by atoms with Gasteiger partial charge in [0.15, 0.2) is 0 Å². The molecular weight excluding hydrogens is 448 g/mol. The molecule has 1 aliphatic rings. The van der Waals surface area contributed by atoms with E-state index in [2.05, 4.69) is 15.8 Å². The van der Waals surface area contributed by atoms with Crippen molar-refractivity contribution in [2.45, 2.75) is 44.8 Å². The van der Waals surface area contributed by atoms with Crippen LogP contribution in [0.4, 0.5) is 5.13 Å². The molecule has 170 valence electrons. The summed E-state index contributed by atoms with van der Waals surface area (Å²) in [5, 5.41) is 0.580. The van der Waals surface area contributed by atoms with Crippen molar-refractivity contribution in [2.75, 3.05) is 18.5 Å². The minimum atomic E-state index is -3.65. The summed E-state index contributed by atoms with van der Waals surface area (Å²) in [6.45, 7) is 8.37. The summed E-state index contributed by atoms with van der Waals surface area (Å²) in [5.74, 6) is -0.380. The number of ether oxygens (including phenoxy) is 1. The minimum Gasteiger partial charge on any atom is -0.373 e. The van der Waals surface area contributed by atoms with E-state index < -0.39 is 10.0 Å². The molecule has 1 aromatic heterocycles. The van der Waals surface area contributed by atoms with Crippen LogP contribution in [-0.4, -0.2) is 48.9 Å². The lowest BCUT2D eigenvalue weighted by Gasteiger charge is -2.34. The van der Waals surface area contributed by atoms with Crippen molar-refractivity contribution < 1.29 is 17.9 Å². The van der Waals surface area contributed by atoms with Gasteiger partial charge in [-0.3, -0.25) is 15.6 Å². The minimum absolute atomic E-state index is 0.153. The normalized spacial score (nSPS) is 19.8. The highest BCUT2D eigenvalue weighted by Gasteiger charge is 2.32. The molecule has 32 heavy (non-hydrogen) atoms. The summed E-state index contributed by atoms with van der Waals surface area (Å²) in [7, 11) is -3.65. The van der Waals surface area contributed by atoms with Crippen LogP contribution in [0.1, 0.15) is 35.3 Å². The Morgan fingerprint density at radius 2 is 1.75 bits per heavy atom. The zero-order valence-electron chi connectivity index (χ0n) is 18.4. The third kappa shape index (κ3) is 4.49. The molecule has 1 saturated heterocycles. The molecule has 1 amide bonds. The third-order valence-electron chi connectivity index (χ3n) is 5.51. The zero-order valence-corrected chi connectivity index (χ0v) is 20.0. The second-order valence-corrected chi connectivity index (χ2v) is 11.0. The number of thiazole rings is 1. The van der Waals surface area contributed by atoms with Crippen LogP contribution in [0.25, 0.3) is 10.2 Å². The first kappa shape index (κ1) is 22.7. The van der Waals surface area contributed by atoms with Gasteiger partial charge in [-0.1, -0.05) is 17.4 Å². The molecule has 0 bridgehead atoms. The lowest BCUT2D eigenvalue weighted by molar-refractivity contribution is -0.0440. The van der Waals surface area contributed by atoms with Gasteiger partial charge in [-0.25, -0.2) is 13.4 Å². The topological polar surface area (TPSA) is 101 Å². The van der Waals surface area contributed by atoms with Gasteiger partial charge in [-0.2, -0.15) is 4.31 Å². The van der Waals surface area contributed by atoms with Gasteiger partial charge in [0.05, 0.1) is 27.3 Å². The molecule has 1 aliphatic heterocycles. The predicted molar refractivity (Wildman–Crippen MR) is 125 cm³/mol. The summed E-state index contributed by atoms with van der Waals surface area (Å²) in [4.78, 5) is 17.2. The number of benzene rings is 2. The standard InChI is InChI=1S/C22H26N4O4S2/c1-13-5-10-19-20(16(13)4)23-22(31-19)25-24-21(27)17-6-8-18(9-7-17)32(28,29)26-11-14(2)30-15(3)12-26/h5-10,14-15H,11-12H2,1-4H3,(H,23,25)(H,24,27)/t14-,15+. The fraction of sp³-hybridized carbons (Fsp3) is 0.364. The molecule has 0 saturated carbocycles. The maximum atomic E-state index is 13.0. The average Bonchev–Trinajstić information content (AvgIpc) is 3.18. The number of amides is 1. The summed E-state index contributed by atoms with van der Waals surface area (Å²) in [6.07, 6.45) is -0.334. The van der Waals surface area contributed by atoms with Crippen LogP contribution < -0.4 is 10.9 Å². The van der Waals surface area contributed by atoms with Gasteiger partial charge >= 0.3 is 0 Å². The molecule has 0 spiro atoms. The Hall–Kier alpha value is -2.53. The SMILES string of the molecule is Cc1ccc2sc(NNC(=O)c3ccc(S(=O)(=O)N4C[C@@H](C)O[C@@H](C)C4)cc3)nc2c1C. The molecule has 4 rings (SSSR count). The van der Waals surface area contributed by atoms with Crippen molar-refractivity contribution in [3.63, 3.8) is 0 Å². The number of hydrogen-bond acceptors (Lipinski definition) is 7. The highest BCUT2D eigenvalue weighted by molar-refractivity contribution is 7.89. The Balaban J connectivity index is 1.44.